The highest BCUT2D eigenvalue weighted by Crippen LogP contribution is 2.47. The van der Waals surface area contributed by atoms with Gasteiger partial charge < -0.3 is 15.4 Å². The average molecular weight is 520 g/mol. The Morgan fingerprint density at radius 2 is 1.69 bits per heavy atom. The molecule has 1 aromatic carbocycles. The van der Waals surface area contributed by atoms with Crippen LogP contribution in [-0.4, -0.2) is 36.0 Å². The molecular formula is C25H25ClF3N5O2. The third kappa shape index (κ3) is 4.40. The van der Waals surface area contributed by atoms with Crippen molar-refractivity contribution in [3.8, 4) is 22.4 Å². The molecular weight excluding hydrogens is 495 g/mol. The Kier molecular flexibility index (Phi) is 6.27. The largest absolute Gasteiger partial charge is 0.406 e. The minimum atomic E-state index is -4.56. The summed E-state index contributed by atoms with van der Waals surface area (Å²) in [6.45, 7) is 0.327. The van der Waals surface area contributed by atoms with Gasteiger partial charge in [-0.05, 0) is 48.6 Å². The molecule has 3 aromatic heterocycles. The van der Waals surface area contributed by atoms with Crippen LogP contribution in [0.25, 0.3) is 33.4 Å². The van der Waals surface area contributed by atoms with Crippen LogP contribution in [0.3, 0.4) is 0 Å². The first-order valence-electron chi connectivity index (χ1n) is 11.1. The van der Waals surface area contributed by atoms with Crippen molar-refractivity contribution >= 4 is 23.4 Å². The van der Waals surface area contributed by atoms with Gasteiger partial charge in [-0.2, -0.15) is 13.2 Å². The fraction of sp³-hybridized carbons (Fsp3) is 0.320. The van der Waals surface area contributed by atoms with Crippen LogP contribution in [0.15, 0.2) is 59.9 Å². The Labute approximate surface area is 210 Å². The number of aromatic nitrogens is 4. The molecule has 36 heavy (non-hydrogen) atoms. The van der Waals surface area contributed by atoms with E-state index in [1.807, 2.05) is 24.3 Å². The number of fused-ring (bicyclic) bond motifs is 1. The Hall–Kier alpha value is -3.21. The first-order chi connectivity index (χ1) is 16.4. The lowest BCUT2D eigenvalue weighted by Gasteiger charge is -2.49. The van der Waals surface area contributed by atoms with Crippen LogP contribution in [0.2, 0.25) is 0 Å². The molecule has 0 spiro atoms. The molecule has 4 aromatic rings. The number of hydrogen-bond donors (Lipinski definition) is 2. The molecule has 5 rings (SSSR count). The highest BCUT2D eigenvalue weighted by Gasteiger charge is 2.49. The topological polar surface area (TPSA) is 99.0 Å². The fourth-order valence-corrected chi connectivity index (χ4v) is 5.26. The molecule has 3 heterocycles. The molecule has 7 nitrogen and oxygen atoms in total. The standard InChI is InChI=1S/C25H24F3N5O2.ClH/c1-23(35)11-24(29,12-23)17-5-3-16(4-6-17)20-18(15-7-9-30-10-8-15)19-21(32(20)2)31-14-33(22(19)34)13-25(26,27)28;/h3-10,14,35H,11-13,29H2,1-2H3;1H. The Morgan fingerprint density at radius 3 is 2.25 bits per heavy atom. The lowest BCUT2D eigenvalue weighted by atomic mass is 9.63. The van der Waals surface area contributed by atoms with E-state index in [0.717, 1.165) is 17.5 Å². The van der Waals surface area contributed by atoms with Crippen LogP contribution in [0, 0.1) is 0 Å². The lowest BCUT2D eigenvalue weighted by Crippen LogP contribution is -2.58. The fourth-order valence-electron chi connectivity index (χ4n) is 5.26. The van der Waals surface area contributed by atoms with Gasteiger partial charge in [0.15, 0.2) is 0 Å². The number of nitrogens with zero attached hydrogens (tertiary/aromatic N) is 4. The summed E-state index contributed by atoms with van der Waals surface area (Å²) in [5.41, 5.74) is 7.96. The van der Waals surface area contributed by atoms with Gasteiger partial charge in [0.2, 0.25) is 0 Å². The number of aryl methyl sites for hydroxylation is 1. The number of alkyl halides is 3. The van der Waals surface area contributed by atoms with E-state index in [-0.39, 0.29) is 23.4 Å². The Balaban J connectivity index is 0.00000304. The van der Waals surface area contributed by atoms with E-state index in [0.29, 0.717) is 34.2 Å². The molecule has 0 bridgehead atoms. The zero-order valence-electron chi connectivity index (χ0n) is 19.6. The summed E-state index contributed by atoms with van der Waals surface area (Å²) in [6.07, 6.45) is 0.380. The minimum absolute atomic E-state index is 0. The van der Waals surface area contributed by atoms with Crippen LogP contribution in [0.4, 0.5) is 13.2 Å². The summed E-state index contributed by atoms with van der Waals surface area (Å²) in [7, 11) is 1.73. The molecule has 1 fully saturated rings. The summed E-state index contributed by atoms with van der Waals surface area (Å²) in [6, 6.07) is 10.9. The zero-order chi connectivity index (χ0) is 25.2. The van der Waals surface area contributed by atoms with Gasteiger partial charge in [-0.25, -0.2) is 4.98 Å². The second-order valence-electron chi connectivity index (χ2n) is 9.59. The number of hydrogen-bond acceptors (Lipinski definition) is 5. The molecule has 190 valence electrons. The van der Waals surface area contributed by atoms with Crippen molar-refractivity contribution in [1.29, 1.82) is 0 Å². The van der Waals surface area contributed by atoms with Gasteiger partial charge in [0.05, 0.1) is 16.7 Å². The summed E-state index contributed by atoms with van der Waals surface area (Å²) >= 11 is 0. The van der Waals surface area contributed by atoms with E-state index in [4.69, 9.17) is 5.73 Å². The molecule has 0 atom stereocenters. The molecule has 1 aliphatic rings. The molecule has 0 unspecified atom stereocenters. The quantitative estimate of drug-likeness (QED) is 0.422. The van der Waals surface area contributed by atoms with Crippen molar-refractivity contribution < 1.29 is 18.3 Å². The maximum atomic E-state index is 13.2. The van der Waals surface area contributed by atoms with Crippen molar-refractivity contribution in [2.24, 2.45) is 12.8 Å². The second kappa shape index (κ2) is 8.72. The van der Waals surface area contributed by atoms with Crippen LogP contribution in [0.1, 0.15) is 25.3 Å². The maximum absolute atomic E-state index is 13.2. The van der Waals surface area contributed by atoms with E-state index in [1.165, 1.54) is 0 Å². The number of rotatable bonds is 4. The van der Waals surface area contributed by atoms with Crippen molar-refractivity contribution in [2.75, 3.05) is 0 Å². The van der Waals surface area contributed by atoms with Crippen molar-refractivity contribution in [3.05, 3.63) is 71.0 Å². The number of benzene rings is 1. The van der Waals surface area contributed by atoms with Crippen LogP contribution in [-0.2, 0) is 19.1 Å². The number of pyridine rings is 1. The first-order valence-corrected chi connectivity index (χ1v) is 11.1. The third-order valence-corrected chi connectivity index (χ3v) is 6.60. The highest BCUT2D eigenvalue weighted by molar-refractivity contribution is 6.02. The highest BCUT2D eigenvalue weighted by atomic mass is 35.5. The van der Waals surface area contributed by atoms with E-state index in [9.17, 15) is 23.1 Å². The van der Waals surface area contributed by atoms with Crippen LogP contribution < -0.4 is 11.3 Å². The SMILES string of the molecule is Cl.Cn1c(-c2ccc(C3(N)CC(C)(O)C3)cc2)c(-c2ccncc2)c2c(=O)n(CC(F)(F)F)cnc21. The number of halogens is 4. The number of nitrogens with two attached hydrogens (primary N) is 1. The maximum Gasteiger partial charge on any atom is 0.406 e. The number of aliphatic hydroxyl groups is 1. The summed E-state index contributed by atoms with van der Waals surface area (Å²) in [5, 5.41) is 10.3. The van der Waals surface area contributed by atoms with Crippen LogP contribution >= 0.6 is 12.4 Å². The molecule has 1 saturated carbocycles. The van der Waals surface area contributed by atoms with E-state index in [1.54, 1.807) is 43.1 Å². The van der Waals surface area contributed by atoms with Crippen molar-refractivity contribution in [1.82, 2.24) is 19.1 Å². The van der Waals surface area contributed by atoms with Gasteiger partial charge in [0.25, 0.3) is 5.56 Å². The Bertz CT molecular complexity index is 1470. The Morgan fingerprint density at radius 1 is 1.08 bits per heavy atom. The molecule has 0 saturated heterocycles. The normalized spacial score (nSPS) is 21.8. The monoisotopic (exact) mass is 519 g/mol. The average Bonchev–Trinajstić information content (AvgIpc) is 3.07. The summed E-state index contributed by atoms with van der Waals surface area (Å²) in [5.74, 6) is 0. The predicted molar refractivity (Wildman–Crippen MR) is 133 cm³/mol. The third-order valence-electron chi connectivity index (χ3n) is 6.60. The molecule has 11 heteroatoms. The van der Waals surface area contributed by atoms with Crippen molar-refractivity contribution in [2.45, 2.75) is 43.6 Å². The lowest BCUT2D eigenvalue weighted by molar-refractivity contribution is -0.141. The van der Waals surface area contributed by atoms with E-state index in [2.05, 4.69) is 9.97 Å². The summed E-state index contributed by atoms with van der Waals surface area (Å²) in [4.78, 5) is 21.5. The van der Waals surface area contributed by atoms with Gasteiger partial charge in [0.1, 0.15) is 18.5 Å². The second-order valence-corrected chi connectivity index (χ2v) is 9.59. The predicted octanol–water partition coefficient (Wildman–Crippen LogP) is 4.15. The van der Waals surface area contributed by atoms with Crippen molar-refractivity contribution in [3.63, 3.8) is 0 Å². The van der Waals surface area contributed by atoms with Gasteiger partial charge in [-0.1, -0.05) is 24.3 Å². The molecule has 3 N–H and O–H groups in total. The molecule has 0 radical (unpaired) electrons. The minimum Gasteiger partial charge on any atom is -0.390 e. The van der Waals surface area contributed by atoms with Gasteiger partial charge in [0, 0.05) is 30.5 Å². The smallest absolute Gasteiger partial charge is 0.390 e. The first kappa shape index (κ1) is 25.9. The summed E-state index contributed by atoms with van der Waals surface area (Å²) < 4.78 is 41.5. The molecule has 0 amide bonds. The van der Waals surface area contributed by atoms with Gasteiger partial charge in [-0.3, -0.25) is 14.3 Å². The van der Waals surface area contributed by atoms with E-state index < -0.39 is 29.4 Å². The molecule has 1 aliphatic carbocycles. The van der Waals surface area contributed by atoms with Gasteiger partial charge >= 0.3 is 6.18 Å². The molecule has 0 aliphatic heterocycles. The van der Waals surface area contributed by atoms with E-state index >= 15 is 0 Å². The van der Waals surface area contributed by atoms with Gasteiger partial charge in [-0.15, -0.1) is 12.4 Å². The zero-order valence-corrected chi connectivity index (χ0v) is 20.4. The van der Waals surface area contributed by atoms with Crippen LogP contribution in [0.5, 0.6) is 0 Å².